The molecule has 0 spiro atoms. The highest BCUT2D eigenvalue weighted by Crippen LogP contribution is 2.36. The van der Waals surface area contributed by atoms with E-state index in [1.54, 1.807) is 6.92 Å². The average molecular weight is 515 g/mol. The van der Waals surface area contributed by atoms with Crippen LogP contribution in [-0.4, -0.2) is 39.0 Å². The lowest BCUT2D eigenvalue weighted by Crippen LogP contribution is -2.27. The Kier molecular flexibility index (Phi) is 9.74. The van der Waals surface area contributed by atoms with Gasteiger partial charge in [-0.1, -0.05) is 74.5 Å². The van der Waals surface area contributed by atoms with Crippen LogP contribution in [0.15, 0.2) is 60.7 Å². The number of esters is 1. The van der Waals surface area contributed by atoms with Gasteiger partial charge < -0.3 is 18.9 Å². The van der Waals surface area contributed by atoms with Gasteiger partial charge in [-0.2, -0.15) is 0 Å². The molecule has 0 aliphatic heterocycles. The number of ether oxygens (including phenoxy) is 4. The fourth-order valence-electron chi connectivity index (χ4n) is 4.74. The third-order valence-electron chi connectivity index (χ3n) is 6.94. The predicted octanol–water partition coefficient (Wildman–Crippen LogP) is 6.60. The molecule has 1 aliphatic carbocycles. The zero-order valence-corrected chi connectivity index (χ0v) is 22.9. The molecule has 0 aromatic heterocycles. The first-order chi connectivity index (χ1) is 18.6. The van der Waals surface area contributed by atoms with Gasteiger partial charge in [-0.15, -0.1) is 0 Å². The fraction of sp³-hybridized carbons (Fsp3) is 0.364. The van der Waals surface area contributed by atoms with Crippen LogP contribution >= 0.6 is 0 Å². The van der Waals surface area contributed by atoms with E-state index in [-0.39, 0.29) is 12.1 Å². The zero-order chi connectivity index (χ0) is 26.9. The third kappa shape index (κ3) is 6.72. The number of methoxy groups -OCH3 is 1. The molecule has 0 amide bonds. The lowest BCUT2D eigenvalue weighted by molar-refractivity contribution is -0.154. The SMILES string of the molecule is CCOC(=O)C(Cc1ccc(OCCOC2c3ccc(CC)cc3C=Cc3cc(CC)ccc32)cc1)OC. The van der Waals surface area contributed by atoms with E-state index >= 15 is 0 Å². The molecule has 0 saturated carbocycles. The molecule has 0 radical (unpaired) electrons. The van der Waals surface area contributed by atoms with E-state index in [2.05, 4.69) is 62.4 Å². The summed E-state index contributed by atoms with van der Waals surface area (Å²) in [4.78, 5) is 12.0. The minimum Gasteiger partial charge on any atom is -0.491 e. The molecule has 0 heterocycles. The second-order valence-electron chi connectivity index (χ2n) is 9.39. The van der Waals surface area contributed by atoms with Crippen molar-refractivity contribution in [3.63, 3.8) is 0 Å². The highest BCUT2D eigenvalue weighted by Gasteiger charge is 2.23. The van der Waals surface area contributed by atoms with E-state index in [0.29, 0.717) is 26.2 Å². The van der Waals surface area contributed by atoms with Gasteiger partial charge in [-0.3, -0.25) is 0 Å². The molecule has 200 valence electrons. The molecule has 5 heteroatoms. The maximum Gasteiger partial charge on any atom is 0.335 e. The van der Waals surface area contributed by atoms with Gasteiger partial charge in [-0.05, 0) is 70.8 Å². The lowest BCUT2D eigenvalue weighted by atomic mass is 9.93. The summed E-state index contributed by atoms with van der Waals surface area (Å²) in [6.45, 7) is 7.36. The maximum atomic E-state index is 12.0. The van der Waals surface area contributed by atoms with Gasteiger partial charge >= 0.3 is 5.97 Å². The van der Waals surface area contributed by atoms with Gasteiger partial charge in [0.25, 0.3) is 0 Å². The molecule has 0 bridgehead atoms. The Hall–Kier alpha value is -3.41. The minimum absolute atomic E-state index is 0.161. The van der Waals surface area contributed by atoms with Gasteiger partial charge in [-0.25, -0.2) is 4.79 Å². The molecule has 1 unspecified atom stereocenters. The third-order valence-corrected chi connectivity index (χ3v) is 6.94. The Bertz CT molecular complexity index is 1190. The van der Waals surface area contributed by atoms with Crippen molar-refractivity contribution in [2.24, 2.45) is 0 Å². The Balaban J connectivity index is 1.41. The van der Waals surface area contributed by atoms with Crippen molar-refractivity contribution in [3.8, 4) is 5.75 Å². The first-order valence-electron chi connectivity index (χ1n) is 13.5. The number of benzene rings is 3. The molecule has 1 aliphatic rings. The Morgan fingerprint density at radius 2 is 1.37 bits per heavy atom. The second-order valence-corrected chi connectivity index (χ2v) is 9.39. The topological polar surface area (TPSA) is 54.0 Å². The summed E-state index contributed by atoms with van der Waals surface area (Å²) in [6.07, 6.45) is 6.10. The van der Waals surface area contributed by atoms with Gasteiger partial charge in [0.05, 0.1) is 13.2 Å². The van der Waals surface area contributed by atoms with Gasteiger partial charge in [0, 0.05) is 13.5 Å². The van der Waals surface area contributed by atoms with Crippen molar-refractivity contribution in [3.05, 3.63) is 99.6 Å². The standard InChI is InChI=1S/C33H38O5/c1-5-23-10-16-29-26(20-23)12-13-27-21-24(6-2)11-17-30(27)32(29)38-19-18-37-28-14-8-25(9-15-28)22-31(35-4)33(34)36-7-3/h8-17,20-21,31-32H,5-7,18-19,22H2,1-4H3. The number of rotatable bonds is 12. The first kappa shape index (κ1) is 27.6. The minimum atomic E-state index is -0.614. The molecule has 0 saturated heterocycles. The number of aryl methyl sites for hydroxylation is 2. The molecule has 3 aromatic rings. The van der Waals surface area contributed by atoms with Crippen LogP contribution in [0.3, 0.4) is 0 Å². The Morgan fingerprint density at radius 3 is 1.89 bits per heavy atom. The summed E-state index contributed by atoms with van der Waals surface area (Å²) in [6, 6.07) is 21.0. The summed E-state index contributed by atoms with van der Waals surface area (Å²) in [5, 5.41) is 0. The van der Waals surface area contributed by atoms with Crippen LogP contribution in [0.2, 0.25) is 0 Å². The van der Waals surface area contributed by atoms with E-state index in [4.69, 9.17) is 18.9 Å². The normalized spacial score (nSPS) is 13.4. The average Bonchev–Trinajstić information content (AvgIpc) is 3.10. The van der Waals surface area contributed by atoms with E-state index in [1.807, 2.05) is 24.3 Å². The monoisotopic (exact) mass is 514 g/mol. The molecule has 0 N–H and O–H groups in total. The Morgan fingerprint density at radius 1 is 0.789 bits per heavy atom. The maximum absolute atomic E-state index is 12.0. The molecule has 1 atom stereocenters. The van der Waals surface area contributed by atoms with E-state index in [1.165, 1.54) is 40.5 Å². The summed E-state index contributed by atoms with van der Waals surface area (Å²) in [7, 11) is 1.52. The lowest BCUT2D eigenvalue weighted by Gasteiger charge is -2.22. The number of carbonyl (C=O) groups excluding carboxylic acids is 1. The quantitative estimate of drug-likeness (QED) is 0.201. The van der Waals surface area contributed by atoms with Crippen molar-refractivity contribution < 1.29 is 23.7 Å². The molecule has 5 nitrogen and oxygen atoms in total. The summed E-state index contributed by atoms with van der Waals surface area (Å²) in [5.41, 5.74) is 8.39. The van der Waals surface area contributed by atoms with Gasteiger partial charge in [0.15, 0.2) is 6.10 Å². The second kappa shape index (κ2) is 13.4. The Labute approximate surface area is 226 Å². The van der Waals surface area contributed by atoms with Crippen LogP contribution < -0.4 is 4.74 Å². The molecule has 3 aromatic carbocycles. The van der Waals surface area contributed by atoms with E-state index in [9.17, 15) is 4.79 Å². The molecule has 0 fully saturated rings. The van der Waals surface area contributed by atoms with Crippen LogP contribution in [-0.2, 0) is 38.3 Å². The number of carbonyl (C=O) groups is 1. The highest BCUT2D eigenvalue weighted by atomic mass is 16.6. The van der Waals surface area contributed by atoms with E-state index < -0.39 is 6.10 Å². The van der Waals surface area contributed by atoms with Gasteiger partial charge in [0.1, 0.15) is 18.5 Å². The number of hydrogen-bond donors (Lipinski definition) is 0. The molecular formula is C33H38O5. The smallest absolute Gasteiger partial charge is 0.335 e. The zero-order valence-electron chi connectivity index (χ0n) is 22.9. The summed E-state index contributed by atoms with van der Waals surface area (Å²) >= 11 is 0. The molecule has 38 heavy (non-hydrogen) atoms. The first-order valence-corrected chi connectivity index (χ1v) is 13.5. The van der Waals surface area contributed by atoms with Crippen molar-refractivity contribution in [2.45, 2.75) is 52.2 Å². The largest absolute Gasteiger partial charge is 0.491 e. The number of hydrogen-bond acceptors (Lipinski definition) is 5. The van der Waals surface area contributed by atoms with Crippen molar-refractivity contribution in [1.82, 2.24) is 0 Å². The fourth-order valence-corrected chi connectivity index (χ4v) is 4.74. The van der Waals surface area contributed by atoms with Crippen molar-refractivity contribution in [1.29, 1.82) is 0 Å². The van der Waals surface area contributed by atoms with Crippen LogP contribution in [0.25, 0.3) is 12.2 Å². The highest BCUT2D eigenvalue weighted by molar-refractivity contribution is 5.77. The van der Waals surface area contributed by atoms with Crippen LogP contribution in [0.5, 0.6) is 5.75 Å². The van der Waals surface area contributed by atoms with Crippen molar-refractivity contribution >= 4 is 18.1 Å². The molecular weight excluding hydrogens is 476 g/mol. The van der Waals surface area contributed by atoms with Crippen LogP contribution in [0.1, 0.15) is 65.8 Å². The van der Waals surface area contributed by atoms with Crippen molar-refractivity contribution in [2.75, 3.05) is 26.9 Å². The summed E-state index contributed by atoms with van der Waals surface area (Å²) in [5.74, 6) is 0.409. The summed E-state index contributed by atoms with van der Waals surface area (Å²) < 4.78 is 22.8. The van der Waals surface area contributed by atoms with E-state index in [0.717, 1.165) is 24.2 Å². The van der Waals surface area contributed by atoms with Crippen LogP contribution in [0.4, 0.5) is 0 Å². The number of fused-ring (bicyclic) bond motifs is 2. The van der Waals surface area contributed by atoms with Gasteiger partial charge in [0.2, 0.25) is 0 Å². The predicted molar refractivity (Wildman–Crippen MR) is 151 cm³/mol. The molecule has 4 rings (SSSR count). The van der Waals surface area contributed by atoms with Crippen LogP contribution in [0, 0.1) is 0 Å².